The number of hydrogen-bond donors (Lipinski definition) is 2. The second-order valence-corrected chi connectivity index (χ2v) is 6.29. The first-order chi connectivity index (χ1) is 10.3. The molecule has 2 N–H and O–H groups in total. The summed E-state index contributed by atoms with van der Waals surface area (Å²) in [6, 6.07) is -0.214. The van der Waals surface area contributed by atoms with Crippen LogP contribution in [0.4, 0.5) is 0 Å². The highest BCUT2D eigenvalue weighted by atomic mass is 32.1. The van der Waals surface area contributed by atoms with Crippen LogP contribution >= 0.6 is 11.3 Å². The van der Waals surface area contributed by atoms with Crippen LogP contribution in [0.1, 0.15) is 29.8 Å². The van der Waals surface area contributed by atoms with Gasteiger partial charge in [0, 0.05) is 26.1 Å². The van der Waals surface area contributed by atoms with Gasteiger partial charge in [0.15, 0.2) is 5.82 Å². The van der Waals surface area contributed by atoms with Gasteiger partial charge < -0.3 is 15.4 Å². The van der Waals surface area contributed by atoms with Crippen LogP contribution in [-0.2, 0) is 16.0 Å². The first-order valence-electron chi connectivity index (χ1n) is 7.15. The fourth-order valence-electron chi connectivity index (χ4n) is 2.72. The molecule has 0 saturated carbocycles. The Kier molecular flexibility index (Phi) is 3.32. The molecule has 2 aliphatic rings. The van der Waals surface area contributed by atoms with Gasteiger partial charge in [0.2, 0.25) is 10.9 Å². The van der Waals surface area contributed by atoms with E-state index in [-0.39, 0.29) is 18.1 Å². The summed E-state index contributed by atoms with van der Waals surface area (Å²) in [6.07, 6.45) is 2.57. The van der Waals surface area contributed by atoms with Crippen LogP contribution in [0.25, 0.3) is 4.96 Å². The molecule has 9 heteroatoms. The maximum Gasteiger partial charge on any atom is 0.237 e. The van der Waals surface area contributed by atoms with Crippen LogP contribution in [0.2, 0.25) is 0 Å². The molecule has 8 nitrogen and oxygen atoms in total. The third kappa shape index (κ3) is 2.41. The molecule has 4 rings (SSSR count). The quantitative estimate of drug-likeness (QED) is 0.806. The molecule has 0 radical (unpaired) electrons. The van der Waals surface area contributed by atoms with Crippen molar-refractivity contribution in [2.75, 3.05) is 19.7 Å². The SMILES string of the molecule is O=C1NCCNC1Cc1nn2c(C3CCCO3)nnc2s1. The minimum atomic E-state index is -0.214. The number of carbonyl (C=O) groups is 1. The zero-order valence-corrected chi connectivity index (χ0v) is 12.2. The highest BCUT2D eigenvalue weighted by Gasteiger charge is 2.27. The summed E-state index contributed by atoms with van der Waals surface area (Å²) >= 11 is 1.48. The number of hydrogen-bond acceptors (Lipinski definition) is 7. The van der Waals surface area contributed by atoms with Crippen molar-refractivity contribution < 1.29 is 9.53 Å². The van der Waals surface area contributed by atoms with Gasteiger partial charge in [-0.1, -0.05) is 11.3 Å². The Hall–Kier alpha value is -1.58. The maximum absolute atomic E-state index is 11.8. The number of carbonyl (C=O) groups excluding carboxylic acids is 1. The molecule has 2 fully saturated rings. The molecule has 2 aliphatic heterocycles. The van der Waals surface area contributed by atoms with Crippen molar-refractivity contribution in [2.24, 2.45) is 0 Å². The van der Waals surface area contributed by atoms with E-state index >= 15 is 0 Å². The van der Waals surface area contributed by atoms with Crippen molar-refractivity contribution in [2.45, 2.75) is 31.4 Å². The van der Waals surface area contributed by atoms with Gasteiger partial charge in [-0.3, -0.25) is 4.79 Å². The summed E-state index contributed by atoms with van der Waals surface area (Å²) in [6.45, 7) is 2.24. The molecule has 1 amide bonds. The van der Waals surface area contributed by atoms with Gasteiger partial charge in [0.1, 0.15) is 11.1 Å². The van der Waals surface area contributed by atoms with Gasteiger partial charge in [0.25, 0.3) is 0 Å². The Bertz CT molecular complexity index is 662. The minimum absolute atomic E-state index is 0.00828. The van der Waals surface area contributed by atoms with Crippen molar-refractivity contribution in [3.63, 3.8) is 0 Å². The smallest absolute Gasteiger partial charge is 0.237 e. The third-order valence-electron chi connectivity index (χ3n) is 3.78. The molecule has 21 heavy (non-hydrogen) atoms. The number of rotatable bonds is 3. The Morgan fingerprint density at radius 1 is 1.38 bits per heavy atom. The molecular formula is C12H16N6O2S. The number of fused-ring (bicyclic) bond motifs is 1. The number of piperazine rings is 1. The van der Waals surface area contributed by atoms with Gasteiger partial charge in [-0.15, -0.1) is 10.2 Å². The monoisotopic (exact) mass is 308 g/mol. The van der Waals surface area contributed by atoms with E-state index in [1.807, 2.05) is 0 Å². The second-order valence-electron chi connectivity index (χ2n) is 5.25. The minimum Gasteiger partial charge on any atom is -0.370 e. The van der Waals surface area contributed by atoms with Gasteiger partial charge in [0.05, 0.1) is 6.04 Å². The van der Waals surface area contributed by atoms with Crippen molar-refractivity contribution in [1.29, 1.82) is 0 Å². The number of ether oxygens (including phenoxy) is 1. The molecule has 0 aliphatic carbocycles. The van der Waals surface area contributed by atoms with Crippen LogP contribution in [0.3, 0.4) is 0 Å². The largest absolute Gasteiger partial charge is 0.370 e. The van der Waals surface area contributed by atoms with Crippen molar-refractivity contribution >= 4 is 22.2 Å². The third-order valence-corrected chi connectivity index (χ3v) is 4.71. The lowest BCUT2D eigenvalue weighted by Crippen LogP contribution is -2.53. The lowest BCUT2D eigenvalue weighted by molar-refractivity contribution is -0.124. The van der Waals surface area contributed by atoms with Gasteiger partial charge in [-0.25, -0.2) is 0 Å². The normalized spacial score (nSPS) is 26.4. The fraction of sp³-hybridized carbons (Fsp3) is 0.667. The molecule has 4 heterocycles. The van der Waals surface area contributed by atoms with Gasteiger partial charge in [-0.2, -0.15) is 9.61 Å². The zero-order chi connectivity index (χ0) is 14.2. The fourth-order valence-corrected chi connectivity index (χ4v) is 3.61. The average molecular weight is 308 g/mol. The van der Waals surface area contributed by atoms with Crippen LogP contribution in [0, 0.1) is 0 Å². The van der Waals surface area contributed by atoms with Crippen LogP contribution in [0.15, 0.2) is 0 Å². The van der Waals surface area contributed by atoms with E-state index in [2.05, 4.69) is 25.9 Å². The molecule has 0 bridgehead atoms. The van der Waals surface area contributed by atoms with Crippen molar-refractivity contribution in [1.82, 2.24) is 30.4 Å². The molecule has 2 atom stereocenters. The van der Waals surface area contributed by atoms with E-state index in [0.717, 1.165) is 41.8 Å². The van der Waals surface area contributed by atoms with Crippen LogP contribution in [-0.4, -0.2) is 51.5 Å². The van der Waals surface area contributed by atoms with E-state index in [4.69, 9.17) is 4.74 Å². The number of amides is 1. The standard InChI is InChI=1S/C12H16N6O2S/c19-11-7(13-3-4-14-11)6-9-17-18-10(8-2-1-5-20-8)15-16-12(18)21-9/h7-8,13H,1-6H2,(H,14,19). The Balaban J connectivity index is 1.57. The predicted octanol–water partition coefficient (Wildman–Crippen LogP) is -0.332. The summed E-state index contributed by atoms with van der Waals surface area (Å²) < 4.78 is 7.41. The highest BCUT2D eigenvalue weighted by molar-refractivity contribution is 7.16. The number of nitrogens with one attached hydrogen (secondary N) is 2. The van der Waals surface area contributed by atoms with Gasteiger partial charge in [-0.05, 0) is 12.8 Å². The molecule has 2 unspecified atom stereocenters. The lowest BCUT2D eigenvalue weighted by atomic mass is 10.1. The maximum atomic E-state index is 11.8. The topological polar surface area (TPSA) is 93.4 Å². The van der Waals surface area contributed by atoms with E-state index in [0.29, 0.717) is 13.0 Å². The van der Waals surface area contributed by atoms with Crippen LogP contribution in [0.5, 0.6) is 0 Å². The van der Waals surface area contributed by atoms with E-state index in [9.17, 15) is 4.79 Å². The summed E-state index contributed by atoms with van der Waals surface area (Å²) in [5.41, 5.74) is 0. The molecule has 2 aromatic rings. The second kappa shape index (κ2) is 5.32. The Morgan fingerprint density at radius 3 is 3.14 bits per heavy atom. The van der Waals surface area contributed by atoms with Crippen molar-refractivity contribution in [3.8, 4) is 0 Å². The summed E-state index contributed by atoms with van der Waals surface area (Å²) in [5.74, 6) is 0.803. The Labute approximate surface area is 124 Å². The Morgan fingerprint density at radius 2 is 2.33 bits per heavy atom. The summed E-state index contributed by atoms with van der Waals surface area (Å²) in [4.78, 5) is 12.5. The van der Waals surface area contributed by atoms with E-state index < -0.39 is 0 Å². The van der Waals surface area contributed by atoms with Crippen LogP contribution < -0.4 is 10.6 Å². The summed E-state index contributed by atoms with van der Waals surface area (Å²) in [7, 11) is 0. The zero-order valence-electron chi connectivity index (χ0n) is 11.4. The van der Waals surface area contributed by atoms with Gasteiger partial charge >= 0.3 is 0 Å². The average Bonchev–Trinajstić information content (AvgIpc) is 3.17. The number of aromatic nitrogens is 4. The van der Waals surface area contributed by atoms with E-state index in [1.54, 1.807) is 4.52 Å². The number of nitrogens with zero attached hydrogens (tertiary/aromatic N) is 4. The molecule has 0 aromatic carbocycles. The molecular weight excluding hydrogens is 292 g/mol. The van der Waals surface area contributed by atoms with Crippen molar-refractivity contribution in [3.05, 3.63) is 10.8 Å². The molecule has 0 spiro atoms. The molecule has 2 saturated heterocycles. The first-order valence-corrected chi connectivity index (χ1v) is 7.96. The molecule has 112 valence electrons. The first kappa shape index (κ1) is 13.1. The summed E-state index contributed by atoms with van der Waals surface area (Å²) in [5, 5.41) is 19.8. The lowest BCUT2D eigenvalue weighted by Gasteiger charge is -2.22. The van der Waals surface area contributed by atoms with E-state index in [1.165, 1.54) is 11.3 Å². The highest BCUT2D eigenvalue weighted by Crippen LogP contribution is 2.28. The predicted molar refractivity (Wildman–Crippen MR) is 75.1 cm³/mol. The molecule has 2 aromatic heterocycles.